The third-order valence-corrected chi connectivity index (χ3v) is 9.71. The number of hydrogen-bond donors (Lipinski definition) is 0. The predicted molar refractivity (Wildman–Crippen MR) is 119 cm³/mol. The SMILES string of the molecule is O=C(Cc1ccccc1)Oc1ccc(N2C(=O)C3C4CC(C(Br)C4Br)C3C2=O)cc1. The first-order chi connectivity index (χ1) is 14.5. The van der Waals surface area contributed by atoms with Crippen LogP contribution in [0.3, 0.4) is 0 Å². The van der Waals surface area contributed by atoms with Gasteiger partial charge in [-0.05, 0) is 48.1 Å². The highest BCUT2D eigenvalue weighted by Gasteiger charge is 2.66. The third kappa shape index (κ3) is 3.14. The van der Waals surface area contributed by atoms with Crippen LogP contribution in [-0.2, 0) is 20.8 Å². The van der Waals surface area contributed by atoms with Crippen molar-refractivity contribution in [1.29, 1.82) is 0 Å². The summed E-state index contributed by atoms with van der Waals surface area (Å²) in [5.41, 5.74) is 1.41. The van der Waals surface area contributed by atoms with Crippen molar-refractivity contribution >= 4 is 55.3 Å². The molecule has 6 unspecified atom stereocenters. The summed E-state index contributed by atoms with van der Waals surface area (Å²) >= 11 is 7.40. The second-order valence-corrected chi connectivity index (χ2v) is 10.3. The number of halogens is 2. The molecule has 2 bridgehead atoms. The Morgan fingerprint density at radius 2 is 1.47 bits per heavy atom. The number of carbonyl (C=O) groups is 3. The highest BCUT2D eigenvalue weighted by molar-refractivity contribution is 9.12. The van der Waals surface area contributed by atoms with Gasteiger partial charge in [-0.15, -0.1) is 0 Å². The van der Waals surface area contributed by atoms with Gasteiger partial charge in [0.1, 0.15) is 5.75 Å². The lowest BCUT2D eigenvalue weighted by molar-refractivity contribution is -0.133. The Morgan fingerprint density at radius 3 is 2.03 bits per heavy atom. The minimum absolute atomic E-state index is 0.116. The molecule has 3 fully saturated rings. The van der Waals surface area contributed by atoms with Crippen molar-refractivity contribution in [3.63, 3.8) is 0 Å². The van der Waals surface area contributed by atoms with E-state index >= 15 is 0 Å². The van der Waals surface area contributed by atoms with Gasteiger partial charge in [-0.2, -0.15) is 0 Å². The maximum atomic E-state index is 13.1. The topological polar surface area (TPSA) is 63.7 Å². The second kappa shape index (κ2) is 7.61. The maximum absolute atomic E-state index is 13.1. The van der Waals surface area contributed by atoms with Crippen molar-refractivity contribution in [2.45, 2.75) is 22.5 Å². The fourth-order valence-electron chi connectivity index (χ4n) is 5.20. The molecule has 7 heteroatoms. The van der Waals surface area contributed by atoms with Gasteiger partial charge in [-0.25, -0.2) is 0 Å². The highest BCUT2D eigenvalue weighted by atomic mass is 79.9. The minimum atomic E-state index is -0.361. The Morgan fingerprint density at radius 1 is 0.900 bits per heavy atom. The molecule has 2 aromatic rings. The Balaban J connectivity index is 1.30. The summed E-state index contributed by atoms with van der Waals surface area (Å²) in [5, 5.41) is 0. The van der Waals surface area contributed by atoms with Gasteiger partial charge in [-0.3, -0.25) is 19.3 Å². The van der Waals surface area contributed by atoms with Crippen LogP contribution in [0.1, 0.15) is 12.0 Å². The Bertz CT molecular complexity index is 978. The molecular weight excluding hydrogens is 514 g/mol. The quantitative estimate of drug-likeness (QED) is 0.257. The van der Waals surface area contributed by atoms with Gasteiger partial charge in [0.15, 0.2) is 0 Å². The average molecular weight is 533 g/mol. The summed E-state index contributed by atoms with van der Waals surface area (Å²) < 4.78 is 5.40. The number of esters is 1. The zero-order valence-electron chi connectivity index (χ0n) is 15.9. The number of ether oxygens (including phenoxy) is 1. The fourth-order valence-corrected chi connectivity index (χ4v) is 7.07. The van der Waals surface area contributed by atoms with E-state index in [1.807, 2.05) is 30.3 Å². The minimum Gasteiger partial charge on any atom is -0.426 e. The predicted octanol–water partition coefficient (Wildman–Crippen LogP) is 4.12. The first-order valence-corrected chi connectivity index (χ1v) is 11.8. The number of amides is 2. The number of nitrogens with zero attached hydrogens (tertiary/aromatic N) is 1. The zero-order chi connectivity index (χ0) is 21.0. The molecule has 5 nitrogen and oxygen atoms in total. The van der Waals surface area contributed by atoms with E-state index < -0.39 is 0 Å². The molecule has 1 heterocycles. The molecule has 2 saturated carbocycles. The van der Waals surface area contributed by atoms with Crippen LogP contribution in [0.15, 0.2) is 54.6 Å². The summed E-state index contributed by atoms with van der Waals surface area (Å²) in [6.07, 6.45) is 1.09. The Kier molecular flexibility index (Phi) is 5.06. The van der Waals surface area contributed by atoms with Crippen LogP contribution in [0, 0.1) is 23.7 Å². The van der Waals surface area contributed by atoms with Crippen LogP contribution in [0.5, 0.6) is 5.75 Å². The number of alkyl halides is 2. The molecule has 1 saturated heterocycles. The van der Waals surface area contributed by atoms with Crippen molar-refractivity contribution in [2.75, 3.05) is 4.90 Å². The number of benzene rings is 2. The monoisotopic (exact) mass is 531 g/mol. The van der Waals surface area contributed by atoms with Crippen LogP contribution in [0.25, 0.3) is 0 Å². The zero-order valence-corrected chi connectivity index (χ0v) is 19.1. The van der Waals surface area contributed by atoms with Crippen molar-refractivity contribution in [3.05, 3.63) is 60.2 Å². The van der Waals surface area contributed by atoms with E-state index in [1.165, 1.54) is 4.90 Å². The number of anilines is 1. The fraction of sp³-hybridized carbons (Fsp3) is 0.348. The molecule has 30 heavy (non-hydrogen) atoms. The number of carbonyl (C=O) groups excluding carboxylic acids is 3. The van der Waals surface area contributed by atoms with Crippen LogP contribution >= 0.6 is 31.9 Å². The molecule has 0 radical (unpaired) electrons. The normalized spacial score (nSPS) is 31.9. The lowest BCUT2D eigenvalue weighted by Gasteiger charge is -2.28. The lowest BCUT2D eigenvalue weighted by atomic mass is 9.81. The van der Waals surface area contributed by atoms with Gasteiger partial charge in [0.25, 0.3) is 0 Å². The van der Waals surface area contributed by atoms with Gasteiger partial charge in [0.2, 0.25) is 11.8 Å². The number of imide groups is 1. The van der Waals surface area contributed by atoms with E-state index in [9.17, 15) is 14.4 Å². The van der Waals surface area contributed by atoms with E-state index in [0.717, 1.165) is 12.0 Å². The first-order valence-electron chi connectivity index (χ1n) is 9.96. The van der Waals surface area contributed by atoms with Gasteiger partial charge in [0, 0.05) is 9.65 Å². The maximum Gasteiger partial charge on any atom is 0.315 e. The number of fused-ring (bicyclic) bond motifs is 5. The van der Waals surface area contributed by atoms with Crippen molar-refractivity contribution in [3.8, 4) is 5.75 Å². The van der Waals surface area contributed by atoms with Crippen molar-refractivity contribution in [1.82, 2.24) is 0 Å². The van der Waals surface area contributed by atoms with Crippen molar-refractivity contribution in [2.24, 2.45) is 23.7 Å². The van der Waals surface area contributed by atoms with E-state index in [2.05, 4.69) is 31.9 Å². The molecule has 6 atom stereocenters. The smallest absolute Gasteiger partial charge is 0.315 e. The lowest BCUT2D eigenvalue weighted by Crippen LogP contribution is -2.37. The molecule has 0 spiro atoms. The number of rotatable bonds is 4. The van der Waals surface area contributed by atoms with Gasteiger partial charge in [-0.1, -0.05) is 62.2 Å². The summed E-state index contributed by atoms with van der Waals surface area (Å²) in [7, 11) is 0. The summed E-state index contributed by atoms with van der Waals surface area (Å²) in [5.74, 6) is -0.327. The van der Waals surface area contributed by atoms with Crippen LogP contribution in [0.4, 0.5) is 5.69 Å². The molecule has 3 aliphatic rings. The Hall–Kier alpha value is -1.99. The molecule has 0 aromatic heterocycles. The molecular formula is C23H19Br2NO4. The molecule has 0 N–H and O–H groups in total. The molecule has 1 aliphatic heterocycles. The molecule has 2 aliphatic carbocycles. The number of hydrogen-bond acceptors (Lipinski definition) is 4. The van der Waals surface area contributed by atoms with E-state index in [4.69, 9.17) is 4.74 Å². The van der Waals surface area contributed by atoms with E-state index in [-0.39, 0.29) is 57.5 Å². The molecule has 2 amide bonds. The van der Waals surface area contributed by atoms with Gasteiger partial charge >= 0.3 is 5.97 Å². The Labute approximate surface area is 191 Å². The van der Waals surface area contributed by atoms with Crippen LogP contribution in [0.2, 0.25) is 0 Å². The molecule has 5 rings (SSSR count). The third-order valence-electron chi connectivity index (χ3n) is 6.50. The first kappa shape index (κ1) is 19.9. The van der Waals surface area contributed by atoms with Gasteiger partial charge < -0.3 is 4.74 Å². The summed E-state index contributed by atoms with van der Waals surface area (Å²) in [6, 6.07) is 16.0. The van der Waals surface area contributed by atoms with Gasteiger partial charge in [0.05, 0.1) is 23.9 Å². The standard InChI is InChI=1S/C23H19Br2NO4/c24-20-15-11-16(21(20)25)19-18(15)22(28)26(23(19)29)13-6-8-14(9-7-13)30-17(27)10-12-4-2-1-3-5-12/h1-9,15-16,18-21H,10-11H2. The van der Waals surface area contributed by atoms with Crippen LogP contribution in [-0.4, -0.2) is 27.4 Å². The second-order valence-electron chi connectivity index (χ2n) is 8.15. The molecule has 2 aromatic carbocycles. The summed E-state index contributed by atoms with van der Waals surface area (Å²) in [6.45, 7) is 0. The van der Waals surface area contributed by atoms with E-state index in [0.29, 0.717) is 11.4 Å². The van der Waals surface area contributed by atoms with E-state index in [1.54, 1.807) is 24.3 Å². The van der Waals surface area contributed by atoms with Crippen LogP contribution < -0.4 is 9.64 Å². The average Bonchev–Trinajstić information content (AvgIpc) is 3.34. The molecule has 154 valence electrons. The summed E-state index contributed by atoms with van der Waals surface area (Å²) in [4.78, 5) is 40.1. The highest BCUT2D eigenvalue weighted by Crippen LogP contribution is 2.60. The van der Waals surface area contributed by atoms with Crippen molar-refractivity contribution < 1.29 is 19.1 Å². The largest absolute Gasteiger partial charge is 0.426 e.